The summed E-state index contributed by atoms with van der Waals surface area (Å²) in [5, 5.41) is 7.49. The maximum Gasteiger partial charge on any atom is 0.215 e. The summed E-state index contributed by atoms with van der Waals surface area (Å²) in [4.78, 5) is 11.3. The van der Waals surface area contributed by atoms with E-state index in [1.807, 2.05) is 6.92 Å². The predicted molar refractivity (Wildman–Crippen MR) is 39.8 cm³/mol. The minimum absolute atomic E-state index is 0.0605. The Morgan fingerprint density at radius 3 is 3.17 bits per heavy atom. The van der Waals surface area contributed by atoms with Gasteiger partial charge in [0.05, 0.1) is 12.8 Å². The SMILES string of the molecule is CCn1cc(C(=O)C2CO2)nn1. The van der Waals surface area contributed by atoms with Crippen molar-refractivity contribution in [2.24, 2.45) is 0 Å². The van der Waals surface area contributed by atoms with E-state index in [9.17, 15) is 4.79 Å². The van der Waals surface area contributed by atoms with Gasteiger partial charge >= 0.3 is 0 Å². The van der Waals surface area contributed by atoms with Gasteiger partial charge in [0, 0.05) is 6.54 Å². The Bertz CT molecular complexity index is 303. The third kappa shape index (κ3) is 1.23. The van der Waals surface area contributed by atoms with Crippen molar-refractivity contribution in [3.05, 3.63) is 11.9 Å². The van der Waals surface area contributed by atoms with E-state index in [0.29, 0.717) is 12.3 Å². The van der Waals surface area contributed by atoms with Crippen LogP contribution in [0, 0.1) is 0 Å². The third-order valence-electron chi connectivity index (χ3n) is 1.74. The highest BCUT2D eigenvalue weighted by molar-refractivity contribution is 5.98. The van der Waals surface area contributed by atoms with Crippen LogP contribution in [0.4, 0.5) is 0 Å². The molecule has 0 aromatic carbocycles. The molecule has 1 aromatic rings. The van der Waals surface area contributed by atoms with Crippen molar-refractivity contribution in [2.45, 2.75) is 19.6 Å². The lowest BCUT2D eigenvalue weighted by atomic mass is 10.2. The minimum atomic E-state index is -0.257. The Hall–Kier alpha value is -1.23. The Kier molecular flexibility index (Phi) is 1.65. The number of hydrogen-bond donors (Lipinski definition) is 0. The number of epoxide rings is 1. The van der Waals surface area contributed by atoms with E-state index >= 15 is 0 Å². The molecule has 0 spiro atoms. The van der Waals surface area contributed by atoms with Gasteiger partial charge in [-0.25, -0.2) is 0 Å². The molecular formula is C7H9N3O2. The Morgan fingerprint density at radius 1 is 1.92 bits per heavy atom. The number of nitrogens with zero attached hydrogens (tertiary/aromatic N) is 3. The average molecular weight is 167 g/mol. The average Bonchev–Trinajstić information content (AvgIpc) is 2.82. The fourth-order valence-corrected chi connectivity index (χ4v) is 0.930. The molecule has 0 bridgehead atoms. The number of Topliss-reactive ketones (excluding diaryl/α,β-unsaturated/α-hetero) is 1. The quantitative estimate of drug-likeness (QED) is 0.465. The Labute approximate surface area is 69.3 Å². The number of carbonyl (C=O) groups is 1. The van der Waals surface area contributed by atoms with Crippen molar-refractivity contribution in [3.8, 4) is 0 Å². The summed E-state index contributed by atoms with van der Waals surface area (Å²) >= 11 is 0. The zero-order valence-corrected chi connectivity index (χ0v) is 6.73. The first kappa shape index (κ1) is 7.42. The molecule has 1 saturated heterocycles. The molecule has 64 valence electrons. The van der Waals surface area contributed by atoms with E-state index in [-0.39, 0.29) is 11.9 Å². The third-order valence-corrected chi connectivity index (χ3v) is 1.74. The van der Waals surface area contributed by atoms with E-state index in [0.717, 1.165) is 6.54 Å². The van der Waals surface area contributed by atoms with Gasteiger partial charge in [-0.05, 0) is 6.92 Å². The van der Waals surface area contributed by atoms with Gasteiger partial charge in [-0.1, -0.05) is 5.21 Å². The number of ether oxygens (including phenoxy) is 1. The molecular weight excluding hydrogens is 158 g/mol. The number of carbonyl (C=O) groups excluding carboxylic acids is 1. The molecule has 5 heteroatoms. The summed E-state index contributed by atoms with van der Waals surface area (Å²) in [6.45, 7) is 3.19. The summed E-state index contributed by atoms with van der Waals surface area (Å²) < 4.78 is 6.46. The maximum absolute atomic E-state index is 11.3. The van der Waals surface area contributed by atoms with Crippen LogP contribution >= 0.6 is 0 Å². The standard InChI is InChI=1S/C7H9N3O2/c1-2-10-3-5(8-9-10)7(11)6-4-12-6/h3,6H,2,4H2,1H3. The van der Waals surface area contributed by atoms with Gasteiger partial charge in [-0.15, -0.1) is 5.10 Å². The van der Waals surface area contributed by atoms with E-state index < -0.39 is 0 Å². The molecule has 2 rings (SSSR count). The molecule has 5 nitrogen and oxygen atoms in total. The van der Waals surface area contributed by atoms with Crippen LogP contribution < -0.4 is 0 Å². The van der Waals surface area contributed by atoms with Gasteiger partial charge in [0.15, 0.2) is 5.69 Å². The summed E-state index contributed by atoms with van der Waals surface area (Å²) in [6.07, 6.45) is 1.39. The second-order valence-electron chi connectivity index (χ2n) is 2.65. The molecule has 0 saturated carbocycles. The van der Waals surface area contributed by atoms with Crippen molar-refractivity contribution >= 4 is 5.78 Å². The van der Waals surface area contributed by atoms with Crippen molar-refractivity contribution in [2.75, 3.05) is 6.61 Å². The lowest BCUT2D eigenvalue weighted by Gasteiger charge is -1.88. The fourth-order valence-electron chi connectivity index (χ4n) is 0.930. The summed E-state index contributed by atoms with van der Waals surface area (Å²) in [7, 11) is 0. The van der Waals surface area contributed by atoms with E-state index in [4.69, 9.17) is 4.74 Å². The number of hydrogen-bond acceptors (Lipinski definition) is 4. The van der Waals surface area contributed by atoms with E-state index in [1.165, 1.54) is 0 Å². The molecule has 1 aliphatic heterocycles. The van der Waals surface area contributed by atoms with Crippen molar-refractivity contribution < 1.29 is 9.53 Å². The Morgan fingerprint density at radius 2 is 2.67 bits per heavy atom. The molecule has 1 aliphatic rings. The Balaban J connectivity index is 2.16. The van der Waals surface area contributed by atoms with Gasteiger partial charge in [0.25, 0.3) is 0 Å². The van der Waals surface area contributed by atoms with Gasteiger partial charge in [-0.2, -0.15) is 0 Å². The molecule has 0 N–H and O–H groups in total. The zero-order valence-electron chi connectivity index (χ0n) is 6.73. The number of aryl methyl sites for hydroxylation is 1. The monoisotopic (exact) mass is 167 g/mol. The normalized spacial score (nSPS) is 20.9. The van der Waals surface area contributed by atoms with Crippen LogP contribution in [0.3, 0.4) is 0 Å². The molecule has 0 aliphatic carbocycles. The van der Waals surface area contributed by atoms with Crippen LogP contribution in [0.1, 0.15) is 17.4 Å². The second kappa shape index (κ2) is 2.67. The first-order chi connectivity index (χ1) is 5.81. The molecule has 1 unspecified atom stereocenters. The van der Waals surface area contributed by atoms with E-state index in [2.05, 4.69) is 10.3 Å². The summed E-state index contributed by atoms with van der Waals surface area (Å²) in [6, 6.07) is 0. The maximum atomic E-state index is 11.3. The van der Waals surface area contributed by atoms with Crippen LogP contribution in [0.2, 0.25) is 0 Å². The smallest absolute Gasteiger partial charge is 0.215 e. The van der Waals surface area contributed by atoms with Gasteiger partial charge in [0.2, 0.25) is 5.78 Å². The first-order valence-corrected chi connectivity index (χ1v) is 3.87. The highest BCUT2D eigenvalue weighted by Gasteiger charge is 2.33. The first-order valence-electron chi connectivity index (χ1n) is 3.87. The summed E-state index contributed by atoms with van der Waals surface area (Å²) in [5.74, 6) is -0.0605. The van der Waals surface area contributed by atoms with Crippen molar-refractivity contribution in [1.82, 2.24) is 15.0 Å². The number of rotatable bonds is 3. The van der Waals surface area contributed by atoms with Gasteiger partial charge < -0.3 is 4.74 Å². The van der Waals surface area contributed by atoms with Crippen molar-refractivity contribution in [1.29, 1.82) is 0 Å². The molecule has 0 radical (unpaired) electrons. The van der Waals surface area contributed by atoms with Crippen LogP contribution in [-0.4, -0.2) is 33.5 Å². The van der Waals surface area contributed by atoms with Gasteiger partial charge in [0.1, 0.15) is 6.10 Å². The second-order valence-corrected chi connectivity index (χ2v) is 2.65. The van der Waals surface area contributed by atoms with Crippen LogP contribution in [-0.2, 0) is 11.3 Å². The molecule has 2 heterocycles. The van der Waals surface area contributed by atoms with Crippen LogP contribution in [0.25, 0.3) is 0 Å². The predicted octanol–water partition coefficient (Wildman–Crippen LogP) is -0.121. The lowest BCUT2D eigenvalue weighted by molar-refractivity contribution is 0.0948. The number of aromatic nitrogens is 3. The van der Waals surface area contributed by atoms with Crippen LogP contribution in [0.15, 0.2) is 6.20 Å². The lowest BCUT2D eigenvalue weighted by Crippen LogP contribution is -2.07. The summed E-state index contributed by atoms with van der Waals surface area (Å²) in [5.41, 5.74) is 0.402. The topological polar surface area (TPSA) is 60.3 Å². The highest BCUT2D eigenvalue weighted by Crippen LogP contribution is 2.14. The molecule has 0 amide bonds. The zero-order chi connectivity index (χ0) is 8.55. The number of ketones is 1. The van der Waals surface area contributed by atoms with E-state index in [1.54, 1.807) is 10.9 Å². The molecule has 1 atom stereocenters. The fraction of sp³-hybridized carbons (Fsp3) is 0.571. The van der Waals surface area contributed by atoms with Crippen LogP contribution in [0.5, 0.6) is 0 Å². The minimum Gasteiger partial charge on any atom is -0.364 e. The highest BCUT2D eigenvalue weighted by atomic mass is 16.6. The molecule has 1 fully saturated rings. The van der Waals surface area contributed by atoms with Gasteiger partial charge in [-0.3, -0.25) is 9.48 Å². The largest absolute Gasteiger partial charge is 0.364 e. The molecule has 12 heavy (non-hydrogen) atoms. The molecule has 1 aromatic heterocycles. The van der Waals surface area contributed by atoms with Crippen molar-refractivity contribution in [3.63, 3.8) is 0 Å².